The minimum Gasteiger partial charge on any atom is -0.232 e. The van der Waals surface area contributed by atoms with Crippen LogP contribution in [0.25, 0.3) is 16.9 Å². The van der Waals surface area contributed by atoms with E-state index in [1.165, 1.54) is 30.5 Å². The first-order valence-corrected chi connectivity index (χ1v) is 6.83. The Morgan fingerprint density at radius 2 is 1.95 bits per heavy atom. The van der Waals surface area contributed by atoms with Crippen LogP contribution in [0.5, 0.6) is 0 Å². The van der Waals surface area contributed by atoms with Crippen LogP contribution in [0.1, 0.15) is 30.0 Å². The normalized spacial score (nSPS) is 14.9. The second-order valence-corrected chi connectivity index (χ2v) is 5.42. The van der Waals surface area contributed by atoms with Crippen LogP contribution < -0.4 is 0 Å². The summed E-state index contributed by atoms with van der Waals surface area (Å²) in [5.74, 6) is 0.372. The van der Waals surface area contributed by atoms with Gasteiger partial charge in [-0.3, -0.25) is 0 Å². The Balaban J connectivity index is 1.93. The van der Waals surface area contributed by atoms with Gasteiger partial charge in [0.05, 0.1) is 17.6 Å². The number of benzene rings is 1. The number of aryl methyl sites for hydroxylation is 1. The zero-order valence-corrected chi connectivity index (χ0v) is 11.2. The van der Waals surface area contributed by atoms with Crippen LogP contribution in [0.15, 0.2) is 36.5 Å². The molecule has 1 aliphatic carbocycles. The number of aromatic nitrogens is 3. The van der Waals surface area contributed by atoms with Gasteiger partial charge < -0.3 is 0 Å². The Kier molecular flexibility index (Phi) is 2.39. The lowest BCUT2D eigenvalue weighted by atomic mass is 10.1. The topological polar surface area (TPSA) is 30.2 Å². The van der Waals surface area contributed by atoms with E-state index in [2.05, 4.69) is 16.1 Å². The summed E-state index contributed by atoms with van der Waals surface area (Å²) in [6.45, 7) is 1.98. The number of imidazole rings is 1. The van der Waals surface area contributed by atoms with Crippen LogP contribution in [0.4, 0.5) is 4.39 Å². The van der Waals surface area contributed by atoms with Crippen molar-refractivity contribution in [1.29, 1.82) is 0 Å². The van der Waals surface area contributed by atoms with Crippen LogP contribution in [-0.2, 0) is 0 Å². The van der Waals surface area contributed by atoms with Gasteiger partial charge in [0.15, 0.2) is 5.65 Å². The minimum absolute atomic E-state index is 0.226. The van der Waals surface area contributed by atoms with Crippen LogP contribution in [0, 0.1) is 12.7 Å². The van der Waals surface area contributed by atoms with Gasteiger partial charge >= 0.3 is 0 Å². The molecule has 0 spiro atoms. The number of nitrogens with zero attached hydrogens (tertiary/aromatic N) is 3. The van der Waals surface area contributed by atoms with Crippen molar-refractivity contribution in [2.24, 2.45) is 0 Å². The van der Waals surface area contributed by atoms with Crippen molar-refractivity contribution in [3.05, 3.63) is 53.6 Å². The molecule has 4 rings (SSSR count). The van der Waals surface area contributed by atoms with E-state index >= 15 is 0 Å². The van der Waals surface area contributed by atoms with E-state index in [1.54, 1.807) is 12.1 Å². The molecule has 0 amide bonds. The van der Waals surface area contributed by atoms with Gasteiger partial charge in [-0.25, -0.2) is 13.9 Å². The molecule has 1 aliphatic rings. The van der Waals surface area contributed by atoms with Crippen LogP contribution in [0.3, 0.4) is 0 Å². The second kappa shape index (κ2) is 4.13. The molecule has 0 bridgehead atoms. The molecule has 0 unspecified atom stereocenters. The first-order valence-electron chi connectivity index (χ1n) is 6.83. The van der Waals surface area contributed by atoms with Gasteiger partial charge in [-0.2, -0.15) is 5.10 Å². The highest BCUT2D eigenvalue weighted by Crippen LogP contribution is 2.42. The van der Waals surface area contributed by atoms with Gasteiger partial charge in [0.2, 0.25) is 0 Å². The molecule has 2 heterocycles. The van der Waals surface area contributed by atoms with E-state index in [4.69, 9.17) is 0 Å². The first kappa shape index (κ1) is 11.6. The molecule has 100 valence electrons. The first-order chi connectivity index (χ1) is 9.70. The van der Waals surface area contributed by atoms with Gasteiger partial charge in [0.1, 0.15) is 5.82 Å². The summed E-state index contributed by atoms with van der Waals surface area (Å²) in [5.41, 5.74) is 4.98. The Morgan fingerprint density at radius 3 is 2.65 bits per heavy atom. The van der Waals surface area contributed by atoms with Crippen molar-refractivity contribution >= 4 is 5.65 Å². The Morgan fingerprint density at radius 1 is 1.20 bits per heavy atom. The average Bonchev–Trinajstić information content (AvgIpc) is 3.20. The van der Waals surface area contributed by atoms with E-state index in [0.29, 0.717) is 5.92 Å². The molecule has 0 N–H and O–H groups in total. The minimum atomic E-state index is -0.226. The summed E-state index contributed by atoms with van der Waals surface area (Å²) < 4.78 is 14.9. The summed E-state index contributed by atoms with van der Waals surface area (Å²) in [5, 5.41) is 4.60. The van der Waals surface area contributed by atoms with Gasteiger partial charge in [-0.05, 0) is 56.0 Å². The van der Waals surface area contributed by atoms with Gasteiger partial charge in [-0.1, -0.05) is 0 Å². The molecule has 0 saturated heterocycles. The van der Waals surface area contributed by atoms with Crippen molar-refractivity contribution in [2.75, 3.05) is 0 Å². The fraction of sp³-hybridized carbons (Fsp3) is 0.250. The molecule has 4 heteroatoms. The van der Waals surface area contributed by atoms with Crippen molar-refractivity contribution < 1.29 is 4.39 Å². The predicted octanol–water partition coefficient (Wildman–Crippen LogP) is 3.72. The maximum atomic E-state index is 13.0. The molecule has 0 aliphatic heterocycles. The zero-order chi connectivity index (χ0) is 13.7. The quantitative estimate of drug-likeness (QED) is 0.708. The third-order valence-electron chi connectivity index (χ3n) is 3.73. The molecule has 1 fully saturated rings. The molecule has 2 aromatic heterocycles. The van der Waals surface area contributed by atoms with Crippen LogP contribution >= 0.6 is 0 Å². The Hall–Kier alpha value is -2.23. The summed E-state index contributed by atoms with van der Waals surface area (Å²) in [6, 6.07) is 8.58. The lowest BCUT2D eigenvalue weighted by Crippen LogP contribution is -1.98. The van der Waals surface area contributed by atoms with Crippen molar-refractivity contribution in [2.45, 2.75) is 25.7 Å². The van der Waals surface area contributed by atoms with E-state index < -0.39 is 0 Å². The lowest BCUT2D eigenvalue weighted by Gasteiger charge is -2.06. The van der Waals surface area contributed by atoms with E-state index in [1.807, 2.05) is 17.6 Å². The molecular formula is C16H14FN3. The van der Waals surface area contributed by atoms with Crippen LogP contribution in [-0.4, -0.2) is 14.6 Å². The zero-order valence-electron chi connectivity index (χ0n) is 11.2. The van der Waals surface area contributed by atoms with Crippen molar-refractivity contribution in [1.82, 2.24) is 14.6 Å². The highest BCUT2D eigenvalue weighted by molar-refractivity contribution is 5.64. The predicted molar refractivity (Wildman–Crippen MR) is 75.1 cm³/mol. The second-order valence-electron chi connectivity index (χ2n) is 5.42. The number of hydrogen-bond donors (Lipinski definition) is 0. The smallest absolute Gasteiger partial charge is 0.157 e. The monoisotopic (exact) mass is 267 g/mol. The lowest BCUT2D eigenvalue weighted by molar-refractivity contribution is 0.628. The van der Waals surface area contributed by atoms with Gasteiger partial charge in [-0.15, -0.1) is 0 Å². The number of fused-ring (bicyclic) bond motifs is 1. The van der Waals surface area contributed by atoms with Crippen LogP contribution in [0.2, 0.25) is 0 Å². The van der Waals surface area contributed by atoms with Gasteiger partial charge in [0, 0.05) is 11.1 Å². The molecule has 0 radical (unpaired) electrons. The molecule has 20 heavy (non-hydrogen) atoms. The molecular weight excluding hydrogens is 253 g/mol. The van der Waals surface area contributed by atoms with Gasteiger partial charge in [0.25, 0.3) is 0 Å². The number of hydrogen-bond acceptors (Lipinski definition) is 2. The average molecular weight is 267 g/mol. The molecule has 3 aromatic rings. The Labute approximate surface area is 116 Å². The SMILES string of the molecule is Cc1cn2nc(-c3ccc(F)cc3)cc(C3CC3)c2n1. The summed E-state index contributed by atoms with van der Waals surface area (Å²) in [6.07, 6.45) is 4.37. The number of rotatable bonds is 2. The van der Waals surface area contributed by atoms with E-state index in [9.17, 15) is 4.39 Å². The Bertz CT molecular complexity index is 785. The highest BCUT2D eigenvalue weighted by atomic mass is 19.1. The molecule has 1 saturated carbocycles. The fourth-order valence-electron chi connectivity index (χ4n) is 2.57. The maximum Gasteiger partial charge on any atom is 0.157 e. The highest BCUT2D eigenvalue weighted by Gasteiger charge is 2.27. The number of halogens is 1. The maximum absolute atomic E-state index is 13.0. The third kappa shape index (κ3) is 1.88. The third-order valence-corrected chi connectivity index (χ3v) is 3.73. The fourth-order valence-corrected chi connectivity index (χ4v) is 2.57. The molecule has 1 aromatic carbocycles. The van der Waals surface area contributed by atoms with E-state index in [0.717, 1.165) is 22.6 Å². The standard InChI is InChI=1S/C16H14FN3/c1-10-9-20-16(18-10)14(11-2-3-11)8-15(19-20)12-4-6-13(17)7-5-12/h4-9,11H,2-3H2,1H3. The molecule has 3 nitrogen and oxygen atoms in total. The largest absolute Gasteiger partial charge is 0.232 e. The molecule has 0 atom stereocenters. The van der Waals surface area contributed by atoms with Crippen molar-refractivity contribution in [3.63, 3.8) is 0 Å². The van der Waals surface area contributed by atoms with Crippen molar-refractivity contribution in [3.8, 4) is 11.3 Å². The summed E-state index contributed by atoms with van der Waals surface area (Å²) in [4.78, 5) is 4.56. The summed E-state index contributed by atoms with van der Waals surface area (Å²) >= 11 is 0. The van der Waals surface area contributed by atoms with E-state index in [-0.39, 0.29) is 5.82 Å². The summed E-state index contributed by atoms with van der Waals surface area (Å²) in [7, 11) is 0.